The van der Waals surface area contributed by atoms with E-state index in [1.54, 1.807) is 0 Å². The number of hydrogen-bond donors (Lipinski definition) is 1. The zero-order valence-electron chi connectivity index (χ0n) is 11.5. The van der Waals surface area contributed by atoms with Crippen molar-refractivity contribution in [1.29, 1.82) is 0 Å². The van der Waals surface area contributed by atoms with Crippen LogP contribution in [0.2, 0.25) is 0 Å². The lowest BCUT2D eigenvalue weighted by atomic mass is 9.87. The van der Waals surface area contributed by atoms with Gasteiger partial charge in [-0.05, 0) is 56.0 Å². The van der Waals surface area contributed by atoms with Crippen molar-refractivity contribution < 1.29 is 0 Å². The van der Waals surface area contributed by atoms with Gasteiger partial charge in [-0.1, -0.05) is 20.3 Å². The van der Waals surface area contributed by atoms with E-state index in [9.17, 15) is 0 Å². The lowest BCUT2D eigenvalue weighted by molar-refractivity contribution is 0.122. The summed E-state index contributed by atoms with van der Waals surface area (Å²) in [6.45, 7) is 10.1. The molecule has 0 radical (unpaired) electrons. The van der Waals surface area contributed by atoms with Crippen LogP contribution in [0.25, 0.3) is 0 Å². The number of fused-ring (bicyclic) bond motifs is 1. The maximum absolute atomic E-state index is 3.79. The van der Waals surface area contributed by atoms with Crippen LogP contribution in [0, 0.1) is 23.7 Å². The van der Waals surface area contributed by atoms with Crippen LogP contribution in [0.5, 0.6) is 0 Å². The van der Waals surface area contributed by atoms with Gasteiger partial charge in [0.25, 0.3) is 0 Å². The highest BCUT2D eigenvalue weighted by Crippen LogP contribution is 2.38. The molecule has 0 amide bonds. The number of nitrogens with zero attached hydrogens (tertiary/aromatic N) is 1. The van der Waals surface area contributed by atoms with E-state index in [2.05, 4.69) is 24.1 Å². The topological polar surface area (TPSA) is 15.3 Å². The molecule has 5 atom stereocenters. The van der Waals surface area contributed by atoms with E-state index < -0.39 is 0 Å². The first-order valence-corrected chi connectivity index (χ1v) is 7.70. The second kappa shape index (κ2) is 4.89. The number of likely N-dealkylation sites (tertiary alicyclic amines) is 1. The Balaban J connectivity index is 1.53. The summed E-state index contributed by atoms with van der Waals surface area (Å²) in [5, 5.41) is 3.79. The van der Waals surface area contributed by atoms with Crippen LogP contribution in [0.15, 0.2) is 0 Å². The molecule has 3 rings (SSSR count). The van der Waals surface area contributed by atoms with Crippen LogP contribution in [0.3, 0.4) is 0 Å². The Bertz CT molecular complexity index is 266. The van der Waals surface area contributed by atoms with E-state index in [1.165, 1.54) is 51.9 Å². The van der Waals surface area contributed by atoms with E-state index in [0.717, 1.165) is 29.7 Å². The monoisotopic (exact) mass is 236 g/mol. The minimum Gasteiger partial charge on any atom is -0.312 e. The van der Waals surface area contributed by atoms with E-state index in [-0.39, 0.29) is 0 Å². The molecule has 2 saturated heterocycles. The molecule has 17 heavy (non-hydrogen) atoms. The molecule has 1 N–H and O–H groups in total. The number of hydrogen-bond acceptors (Lipinski definition) is 2. The van der Waals surface area contributed by atoms with Crippen molar-refractivity contribution >= 4 is 0 Å². The Hall–Kier alpha value is -0.0800. The van der Waals surface area contributed by atoms with Gasteiger partial charge in [-0.2, -0.15) is 0 Å². The van der Waals surface area contributed by atoms with Crippen LogP contribution in [-0.2, 0) is 0 Å². The summed E-state index contributed by atoms with van der Waals surface area (Å²) in [7, 11) is 0. The molecule has 98 valence electrons. The molecule has 5 unspecified atom stereocenters. The normalized spacial score (nSPS) is 47.3. The molecule has 2 nitrogen and oxygen atoms in total. The highest BCUT2D eigenvalue weighted by atomic mass is 15.2. The third kappa shape index (κ3) is 2.39. The first-order chi connectivity index (χ1) is 8.24. The van der Waals surface area contributed by atoms with E-state index in [0.29, 0.717) is 0 Å². The molecule has 2 aliphatic heterocycles. The number of piperidine rings is 1. The smallest absolute Gasteiger partial charge is 0.0226 e. The summed E-state index contributed by atoms with van der Waals surface area (Å²) in [5.74, 6) is 3.84. The van der Waals surface area contributed by atoms with Crippen LogP contribution in [0.4, 0.5) is 0 Å². The first-order valence-electron chi connectivity index (χ1n) is 7.70. The minimum atomic E-state index is 0.808. The summed E-state index contributed by atoms with van der Waals surface area (Å²) in [5.41, 5.74) is 0. The van der Waals surface area contributed by atoms with Crippen molar-refractivity contribution in [3.8, 4) is 0 Å². The van der Waals surface area contributed by atoms with Gasteiger partial charge in [0.15, 0.2) is 0 Å². The first kappa shape index (κ1) is 12.0. The maximum atomic E-state index is 3.79. The molecule has 1 saturated carbocycles. The summed E-state index contributed by atoms with van der Waals surface area (Å²) in [6.07, 6.45) is 5.87. The predicted molar refractivity (Wildman–Crippen MR) is 72.0 cm³/mol. The molecular formula is C15H28N2. The molecule has 0 bridgehead atoms. The van der Waals surface area contributed by atoms with Gasteiger partial charge in [0.05, 0.1) is 0 Å². The third-order valence-electron chi connectivity index (χ3n) is 5.75. The summed E-state index contributed by atoms with van der Waals surface area (Å²) in [4.78, 5) is 2.73. The Labute approximate surface area is 106 Å². The van der Waals surface area contributed by atoms with Gasteiger partial charge < -0.3 is 10.2 Å². The molecular weight excluding hydrogens is 208 g/mol. The van der Waals surface area contributed by atoms with Gasteiger partial charge in [-0.15, -0.1) is 0 Å². The molecule has 0 aromatic heterocycles. The lowest BCUT2D eigenvalue weighted by Gasteiger charge is -2.37. The lowest BCUT2D eigenvalue weighted by Crippen LogP contribution is -2.46. The van der Waals surface area contributed by atoms with E-state index in [4.69, 9.17) is 0 Å². The maximum Gasteiger partial charge on any atom is 0.0226 e. The van der Waals surface area contributed by atoms with Crippen LogP contribution < -0.4 is 5.32 Å². The average molecular weight is 236 g/mol. The highest BCUT2D eigenvalue weighted by Gasteiger charge is 2.39. The Kier molecular flexibility index (Phi) is 3.45. The highest BCUT2D eigenvalue weighted by molar-refractivity contribution is 4.96. The average Bonchev–Trinajstić information content (AvgIpc) is 2.88. The minimum absolute atomic E-state index is 0.808. The van der Waals surface area contributed by atoms with E-state index in [1.807, 2.05) is 0 Å². The van der Waals surface area contributed by atoms with Gasteiger partial charge in [-0.25, -0.2) is 0 Å². The molecule has 0 aromatic carbocycles. The summed E-state index contributed by atoms with van der Waals surface area (Å²) in [6, 6.07) is 0.808. The Morgan fingerprint density at radius 3 is 2.82 bits per heavy atom. The Morgan fingerprint density at radius 1 is 1.12 bits per heavy atom. The van der Waals surface area contributed by atoms with Crippen molar-refractivity contribution in [2.24, 2.45) is 23.7 Å². The molecule has 0 aromatic rings. The van der Waals surface area contributed by atoms with Gasteiger partial charge in [-0.3, -0.25) is 0 Å². The van der Waals surface area contributed by atoms with Crippen molar-refractivity contribution in [3.63, 3.8) is 0 Å². The molecule has 2 heteroatoms. The fraction of sp³-hybridized carbons (Fsp3) is 1.00. The number of nitrogens with one attached hydrogen (secondary N) is 1. The molecule has 3 aliphatic rings. The van der Waals surface area contributed by atoms with Crippen LogP contribution in [-0.4, -0.2) is 37.1 Å². The predicted octanol–water partition coefficient (Wildman–Crippen LogP) is 2.35. The van der Waals surface area contributed by atoms with Crippen molar-refractivity contribution in [2.75, 3.05) is 26.2 Å². The van der Waals surface area contributed by atoms with Crippen LogP contribution >= 0.6 is 0 Å². The largest absolute Gasteiger partial charge is 0.312 e. The van der Waals surface area contributed by atoms with Gasteiger partial charge in [0.1, 0.15) is 0 Å². The standard InChI is InChI=1S/C15H28N2/c1-11-6-7-17(9-12(11)2)10-15-14-5-3-4-13(14)8-16-15/h11-16H,3-10H2,1-2H3. The number of rotatable bonds is 2. The second-order valence-electron chi connectivity index (χ2n) is 6.87. The van der Waals surface area contributed by atoms with Crippen molar-refractivity contribution in [1.82, 2.24) is 10.2 Å². The fourth-order valence-corrected chi connectivity index (χ4v) is 4.30. The molecule has 2 heterocycles. The molecule has 0 spiro atoms. The zero-order chi connectivity index (χ0) is 11.8. The van der Waals surface area contributed by atoms with Crippen LogP contribution in [0.1, 0.15) is 39.5 Å². The summed E-state index contributed by atoms with van der Waals surface area (Å²) < 4.78 is 0. The van der Waals surface area contributed by atoms with Gasteiger partial charge >= 0.3 is 0 Å². The zero-order valence-corrected chi connectivity index (χ0v) is 11.5. The Morgan fingerprint density at radius 2 is 2.00 bits per heavy atom. The fourth-order valence-electron chi connectivity index (χ4n) is 4.30. The molecule has 1 aliphatic carbocycles. The second-order valence-corrected chi connectivity index (χ2v) is 6.87. The quantitative estimate of drug-likeness (QED) is 0.792. The van der Waals surface area contributed by atoms with E-state index >= 15 is 0 Å². The summed E-state index contributed by atoms with van der Waals surface area (Å²) >= 11 is 0. The van der Waals surface area contributed by atoms with Crippen molar-refractivity contribution in [2.45, 2.75) is 45.6 Å². The van der Waals surface area contributed by atoms with Crippen molar-refractivity contribution in [3.05, 3.63) is 0 Å². The van der Waals surface area contributed by atoms with Gasteiger partial charge in [0, 0.05) is 19.1 Å². The van der Waals surface area contributed by atoms with Gasteiger partial charge in [0.2, 0.25) is 0 Å². The SMILES string of the molecule is CC1CCN(CC2NCC3CCCC32)CC1C. The third-order valence-corrected chi connectivity index (χ3v) is 5.75. The molecule has 3 fully saturated rings.